The zero-order valence-corrected chi connectivity index (χ0v) is 20.8. The van der Waals surface area contributed by atoms with Gasteiger partial charge in [-0.2, -0.15) is 0 Å². The van der Waals surface area contributed by atoms with Crippen molar-refractivity contribution in [1.82, 2.24) is 9.88 Å². The Labute approximate surface area is 219 Å². The molecule has 6 rings (SSSR count). The summed E-state index contributed by atoms with van der Waals surface area (Å²) in [6.07, 6.45) is 1.50. The summed E-state index contributed by atoms with van der Waals surface area (Å²) in [5.74, 6) is 1.72. The maximum Gasteiger partial charge on any atom is 0.289 e. The number of nitrogens with zero attached hydrogens (tertiary/aromatic N) is 3. The molecule has 38 heavy (non-hydrogen) atoms. The minimum atomic E-state index is -0.281. The number of piperazine rings is 1. The van der Waals surface area contributed by atoms with E-state index in [1.165, 1.54) is 6.26 Å². The van der Waals surface area contributed by atoms with E-state index in [2.05, 4.69) is 10.2 Å². The molecule has 2 amide bonds. The Morgan fingerprint density at radius 3 is 2.50 bits per heavy atom. The molecular weight excluding hydrogens is 484 g/mol. The van der Waals surface area contributed by atoms with E-state index in [0.717, 1.165) is 16.8 Å². The molecule has 1 fully saturated rings. The smallest absolute Gasteiger partial charge is 0.289 e. The third-order valence-electron chi connectivity index (χ3n) is 6.77. The van der Waals surface area contributed by atoms with Crippen molar-refractivity contribution in [2.45, 2.75) is 6.92 Å². The van der Waals surface area contributed by atoms with Crippen LogP contribution in [0.5, 0.6) is 11.5 Å². The van der Waals surface area contributed by atoms with Crippen LogP contribution in [0.4, 0.5) is 11.5 Å². The number of fused-ring (bicyclic) bond motifs is 1. The highest BCUT2D eigenvalue weighted by Gasteiger charge is 2.27. The molecule has 4 heterocycles. The number of furan rings is 1. The summed E-state index contributed by atoms with van der Waals surface area (Å²) >= 11 is 0. The van der Waals surface area contributed by atoms with Crippen LogP contribution in [-0.2, 0) is 0 Å². The van der Waals surface area contributed by atoms with Crippen molar-refractivity contribution in [2.24, 2.45) is 0 Å². The first-order valence-corrected chi connectivity index (χ1v) is 12.4. The van der Waals surface area contributed by atoms with Crippen LogP contribution in [-0.4, -0.2) is 54.7 Å². The van der Waals surface area contributed by atoms with Crippen LogP contribution in [0.15, 0.2) is 77.4 Å². The van der Waals surface area contributed by atoms with E-state index < -0.39 is 0 Å². The molecule has 9 nitrogen and oxygen atoms in total. The number of anilines is 2. The Bertz CT molecular complexity index is 1490. The lowest BCUT2D eigenvalue weighted by Crippen LogP contribution is -2.49. The Morgan fingerprint density at radius 1 is 0.895 bits per heavy atom. The highest BCUT2D eigenvalue weighted by Crippen LogP contribution is 2.35. The lowest BCUT2D eigenvalue weighted by molar-refractivity contribution is 0.0714. The minimum absolute atomic E-state index is 0.142. The molecule has 0 radical (unpaired) electrons. The van der Waals surface area contributed by atoms with Crippen molar-refractivity contribution in [2.75, 3.05) is 43.2 Å². The monoisotopic (exact) mass is 510 g/mol. The minimum Gasteiger partial charge on any atom is -0.459 e. The van der Waals surface area contributed by atoms with Gasteiger partial charge in [0.2, 0.25) is 6.79 Å². The van der Waals surface area contributed by atoms with Gasteiger partial charge < -0.3 is 29.0 Å². The Balaban J connectivity index is 1.29. The zero-order valence-electron chi connectivity index (χ0n) is 20.8. The Kier molecular flexibility index (Phi) is 6.17. The van der Waals surface area contributed by atoms with E-state index >= 15 is 0 Å². The number of hydrogen-bond acceptors (Lipinski definition) is 7. The summed E-state index contributed by atoms with van der Waals surface area (Å²) in [6.45, 7) is 4.23. The van der Waals surface area contributed by atoms with Crippen LogP contribution < -0.4 is 19.7 Å². The van der Waals surface area contributed by atoms with E-state index in [-0.39, 0.29) is 18.6 Å². The number of nitrogens with one attached hydrogen (secondary N) is 1. The molecule has 0 spiro atoms. The van der Waals surface area contributed by atoms with Gasteiger partial charge in [-0.3, -0.25) is 9.59 Å². The first-order valence-electron chi connectivity index (χ1n) is 12.4. The highest BCUT2D eigenvalue weighted by atomic mass is 16.7. The van der Waals surface area contributed by atoms with Crippen molar-refractivity contribution in [3.05, 3.63) is 89.9 Å². The molecule has 0 saturated carbocycles. The van der Waals surface area contributed by atoms with Gasteiger partial charge in [-0.15, -0.1) is 0 Å². The van der Waals surface area contributed by atoms with Crippen molar-refractivity contribution < 1.29 is 23.5 Å². The van der Waals surface area contributed by atoms with Crippen LogP contribution in [0.25, 0.3) is 11.3 Å². The maximum absolute atomic E-state index is 13.5. The second kappa shape index (κ2) is 9.93. The van der Waals surface area contributed by atoms with Gasteiger partial charge in [0.05, 0.1) is 17.5 Å². The lowest BCUT2D eigenvalue weighted by Gasteiger charge is -2.36. The van der Waals surface area contributed by atoms with Crippen LogP contribution in [0, 0.1) is 6.92 Å². The second-order valence-electron chi connectivity index (χ2n) is 9.16. The van der Waals surface area contributed by atoms with Gasteiger partial charge in [0, 0.05) is 43.5 Å². The van der Waals surface area contributed by atoms with Crippen LogP contribution in [0.3, 0.4) is 0 Å². The summed E-state index contributed by atoms with van der Waals surface area (Å²) in [5, 5.41) is 2.97. The highest BCUT2D eigenvalue weighted by molar-refractivity contribution is 6.08. The van der Waals surface area contributed by atoms with E-state index in [0.29, 0.717) is 60.5 Å². The molecule has 1 N–H and O–H groups in total. The third kappa shape index (κ3) is 4.54. The van der Waals surface area contributed by atoms with E-state index in [9.17, 15) is 9.59 Å². The molecule has 2 aliphatic rings. The fourth-order valence-electron chi connectivity index (χ4n) is 4.73. The zero-order chi connectivity index (χ0) is 26.1. The number of aromatic nitrogens is 1. The molecule has 0 unspecified atom stereocenters. The lowest BCUT2D eigenvalue weighted by atomic mass is 10.0. The molecule has 0 atom stereocenters. The van der Waals surface area contributed by atoms with Crippen LogP contribution in [0.2, 0.25) is 0 Å². The molecule has 2 aromatic carbocycles. The second-order valence-corrected chi connectivity index (χ2v) is 9.16. The first-order chi connectivity index (χ1) is 18.6. The van der Waals surface area contributed by atoms with Crippen molar-refractivity contribution >= 4 is 23.3 Å². The summed E-state index contributed by atoms with van der Waals surface area (Å²) in [5.41, 5.74) is 3.93. The SMILES string of the molecule is Cc1ccccc1-c1ccc(C(=O)Nc2ccc3c(c2)OCO3)c(N2CCN(C(=O)c3ccco3)CC2)n1. The Hall–Kier alpha value is -4.79. The summed E-state index contributed by atoms with van der Waals surface area (Å²) in [4.78, 5) is 35.0. The molecule has 0 aliphatic carbocycles. The van der Waals surface area contributed by atoms with Gasteiger partial charge in [0.1, 0.15) is 5.82 Å². The first kappa shape index (κ1) is 23.6. The van der Waals surface area contributed by atoms with Crippen molar-refractivity contribution in [3.8, 4) is 22.8 Å². The number of carbonyl (C=O) groups excluding carboxylic acids is 2. The van der Waals surface area contributed by atoms with Gasteiger partial charge in [0.25, 0.3) is 11.8 Å². The van der Waals surface area contributed by atoms with Gasteiger partial charge in [-0.25, -0.2) is 4.98 Å². The van der Waals surface area contributed by atoms with Gasteiger partial charge in [0.15, 0.2) is 17.3 Å². The van der Waals surface area contributed by atoms with Crippen molar-refractivity contribution in [1.29, 1.82) is 0 Å². The predicted octanol–water partition coefficient (Wildman–Crippen LogP) is 4.59. The van der Waals surface area contributed by atoms with E-state index in [1.807, 2.05) is 43.3 Å². The summed E-state index contributed by atoms with van der Waals surface area (Å²) in [6, 6.07) is 20.4. The molecule has 9 heteroatoms. The largest absolute Gasteiger partial charge is 0.459 e. The predicted molar refractivity (Wildman–Crippen MR) is 142 cm³/mol. The third-order valence-corrected chi connectivity index (χ3v) is 6.77. The summed E-state index contributed by atoms with van der Waals surface area (Å²) in [7, 11) is 0. The number of hydrogen-bond donors (Lipinski definition) is 1. The number of rotatable bonds is 5. The van der Waals surface area contributed by atoms with Gasteiger partial charge in [-0.1, -0.05) is 24.3 Å². The number of amides is 2. The molecular formula is C29H26N4O5. The quantitative estimate of drug-likeness (QED) is 0.419. The van der Waals surface area contributed by atoms with E-state index in [1.54, 1.807) is 35.2 Å². The molecule has 4 aromatic rings. The summed E-state index contributed by atoms with van der Waals surface area (Å²) < 4.78 is 16.1. The number of benzene rings is 2. The van der Waals surface area contributed by atoms with Gasteiger partial charge >= 0.3 is 0 Å². The number of ether oxygens (including phenoxy) is 2. The maximum atomic E-state index is 13.5. The molecule has 192 valence electrons. The number of pyridine rings is 1. The fourth-order valence-corrected chi connectivity index (χ4v) is 4.73. The van der Waals surface area contributed by atoms with Gasteiger partial charge in [-0.05, 0) is 48.9 Å². The molecule has 0 bridgehead atoms. The molecule has 1 saturated heterocycles. The van der Waals surface area contributed by atoms with Crippen LogP contribution >= 0.6 is 0 Å². The normalized spacial score (nSPS) is 14.4. The average Bonchev–Trinajstić information content (AvgIpc) is 3.65. The molecule has 2 aromatic heterocycles. The number of aryl methyl sites for hydroxylation is 1. The molecule has 2 aliphatic heterocycles. The topological polar surface area (TPSA) is 97.1 Å². The van der Waals surface area contributed by atoms with E-state index in [4.69, 9.17) is 18.9 Å². The van der Waals surface area contributed by atoms with Crippen LogP contribution in [0.1, 0.15) is 26.5 Å². The average molecular weight is 511 g/mol. The van der Waals surface area contributed by atoms with Crippen molar-refractivity contribution in [3.63, 3.8) is 0 Å². The standard InChI is InChI=1S/C29H26N4O5/c1-19-5-2-3-6-21(19)23-10-9-22(28(34)30-20-8-11-24-26(17-20)38-18-37-24)27(31-23)32-12-14-33(15-13-32)29(35)25-7-4-16-36-25/h2-11,16-17H,12-15,18H2,1H3,(H,30,34). The Morgan fingerprint density at radius 2 is 1.71 bits per heavy atom. The fraction of sp³-hybridized carbons (Fsp3) is 0.207. The number of carbonyl (C=O) groups is 2.